The molecular formula is C18H13F3N4O2S. The van der Waals surface area contributed by atoms with Crippen LogP contribution in [0.2, 0.25) is 0 Å². The van der Waals surface area contributed by atoms with Crippen LogP contribution in [-0.2, 0) is 11.9 Å². The fraction of sp³-hybridized carbons (Fsp3) is 0.167. The Morgan fingerprint density at radius 1 is 1.11 bits per heavy atom. The predicted molar refractivity (Wildman–Crippen MR) is 96.9 cm³/mol. The fourth-order valence-electron chi connectivity index (χ4n) is 2.53. The first-order valence-corrected chi connectivity index (χ1v) is 9.08. The van der Waals surface area contributed by atoms with Gasteiger partial charge in [0.1, 0.15) is 5.75 Å². The number of rotatable bonds is 5. The predicted octanol–water partition coefficient (Wildman–Crippen LogP) is 4.93. The first-order valence-electron chi connectivity index (χ1n) is 8.09. The fourth-order valence-corrected chi connectivity index (χ4v) is 3.25. The molecule has 0 atom stereocenters. The van der Waals surface area contributed by atoms with E-state index in [1.807, 2.05) is 18.2 Å². The largest absolute Gasteiger partial charge is 0.497 e. The zero-order valence-electron chi connectivity index (χ0n) is 14.4. The van der Waals surface area contributed by atoms with Crippen molar-refractivity contribution >= 4 is 22.8 Å². The van der Waals surface area contributed by atoms with Crippen molar-refractivity contribution in [2.45, 2.75) is 17.1 Å². The normalized spacial score (nSPS) is 11.9. The number of nitrogens with zero attached hydrogens (tertiary/aromatic N) is 3. The highest BCUT2D eigenvalue weighted by molar-refractivity contribution is 7.98. The second-order valence-corrected chi connectivity index (χ2v) is 6.76. The highest BCUT2D eigenvalue weighted by atomic mass is 32.2. The summed E-state index contributed by atoms with van der Waals surface area (Å²) in [5, 5.41) is 4.51. The summed E-state index contributed by atoms with van der Waals surface area (Å²) in [5.74, 6) is 1.67. The first-order chi connectivity index (χ1) is 13.4. The molecule has 10 heteroatoms. The summed E-state index contributed by atoms with van der Waals surface area (Å²) in [4.78, 5) is 11.9. The smallest absolute Gasteiger partial charge is 0.416 e. The molecule has 4 rings (SSSR count). The number of halogens is 3. The number of imidazole rings is 1. The highest BCUT2D eigenvalue weighted by Gasteiger charge is 2.30. The molecule has 0 amide bonds. The summed E-state index contributed by atoms with van der Waals surface area (Å²) in [7, 11) is 1.59. The molecule has 4 aromatic rings. The summed E-state index contributed by atoms with van der Waals surface area (Å²) in [6.07, 6.45) is -4.38. The number of hydrogen-bond donors (Lipinski definition) is 1. The Hall–Kier alpha value is -3.01. The monoisotopic (exact) mass is 406 g/mol. The van der Waals surface area contributed by atoms with Crippen molar-refractivity contribution in [3.63, 3.8) is 0 Å². The number of alkyl halides is 3. The van der Waals surface area contributed by atoms with Crippen LogP contribution >= 0.6 is 11.8 Å². The maximum Gasteiger partial charge on any atom is 0.416 e. The molecule has 2 aromatic heterocycles. The summed E-state index contributed by atoms with van der Waals surface area (Å²) in [5.41, 5.74) is 1.37. The zero-order valence-corrected chi connectivity index (χ0v) is 15.3. The Kier molecular flexibility index (Phi) is 4.71. The van der Waals surface area contributed by atoms with Crippen LogP contribution < -0.4 is 4.74 Å². The molecule has 0 aliphatic rings. The molecule has 0 saturated carbocycles. The molecular weight excluding hydrogens is 393 g/mol. The van der Waals surface area contributed by atoms with Gasteiger partial charge in [0, 0.05) is 11.6 Å². The van der Waals surface area contributed by atoms with Crippen LogP contribution in [0.5, 0.6) is 5.75 Å². The van der Waals surface area contributed by atoms with Gasteiger partial charge >= 0.3 is 6.18 Å². The summed E-state index contributed by atoms with van der Waals surface area (Å²) >= 11 is 1.37. The molecule has 28 heavy (non-hydrogen) atoms. The third-order valence-electron chi connectivity index (χ3n) is 3.94. The Morgan fingerprint density at radius 2 is 1.89 bits per heavy atom. The Bertz CT molecular complexity index is 1110. The molecule has 0 aliphatic carbocycles. The lowest BCUT2D eigenvalue weighted by Gasteiger charge is -2.05. The summed E-state index contributed by atoms with van der Waals surface area (Å²) < 4.78 is 48.3. The number of aromatic nitrogens is 4. The van der Waals surface area contributed by atoms with Crippen LogP contribution in [0.4, 0.5) is 13.2 Å². The third kappa shape index (κ3) is 3.81. The molecule has 2 aromatic carbocycles. The van der Waals surface area contributed by atoms with Crippen molar-refractivity contribution < 1.29 is 22.4 Å². The average molecular weight is 406 g/mol. The van der Waals surface area contributed by atoms with Gasteiger partial charge in [0.2, 0.25) is 11.7 Å². The molecule has 144 valence electrons. The zero-order chi connectivity index (χ0) is 19.7. The molecule has 2 heterocycles. The third-order valence-corrected chi connectivity index (χ3v) is 4.80. The number of methoxy groups -OCH3 is 1. The van der Waals surface area contributed by atoms with Crippen molar-refractivity contribution in [2.75, 3.05) is 7.11 Å². The lowest BCUT2D eigenvalue weighted by molar-refractivity contribution is -0.137. The lowest BCUT2D eigenvalue weighted by atomic mass is 10.1. The second-order valence-electron chi connectivity index (χ2n) is 5.80. The van der Waals surface area contributed by atoms with Gasteiger partial charge in [-0.05, 0) is 24.3 Å². The minimum atomic E-state index is -4.38. The van der Waals surface area contributed by atoms with Crippen molar-refractivity contribution in [2.24, 2.45) is 0 Å². The molecule has 0 bridgehead atoms. The van der Waals surface area contributed by atoms with Crippen molar-refractivity contribution in [3.8, 4) is 17.1 Å². The number of ether oxygens (including phenoxy) is 1. The molecule has 0 fully saturated rings. The van der Waals surface area contributed by atoms with E-state index in [1.165, 1.54) is 23.9 Å². The average Bonchev–Trinajstić information content (AvgIpc) is 3.31. The Labute approximate surface area is 161 Å². The molecule has 0 aliphatic heterocycles. The van der Waals surface area contributed by atoms with Gasteiger partial charge in [0.05, 0.1) is 29.5 Å². The maximum atomic E-state index is 12.6. The topological polar surface area (TPSA) is 76.8 Å². The number of fused-ring (bicyclic) bond motifs is 1. The van der Waals surface area contributed by atoms with Crippen molar-refractivity contribution in [1.82, 2.24) is 20.1 Å². The van der Waals surface area contributed by atoms with Crippen molar-refractivity contribution in [3.05, 3.63) is 53.9 Å². The van der Waals surface area contributed by atoms with Crippen LogP contribution in [0.25, 0.3) is 22.4 Å². The number of aromatic amines is 1. The van der Waals surface area contributed by atoms with E-state index in [1.54, 1.807) is 7.11 Å². The number of benzene rings is 2. The molecule has 0 saturated heterocycles. The molecule has 0 spiro atoms. The van der Waals surface area contributed by atoms with Crippen LogP contribution in [0.1, 0.15) is 11.5 Å². The minimum Gasteiger partial charge on any atom is -0.497 e. The number of H-pyrrole nitrogens is 1. The van der Waals surface area contributed by atoms with Crippen LogP contribution in [0.15, 0.2) is 52.1 Å². The van der Waals surface area contributed by atoms with Crippen LogP contribution in [0, 0.1) is 0 Å². The van der Waals surface area contributed by atoms with Crippen molar-refractivity contribution in [1.29, 1.82) is 0 Å². The van der Waals surface area contributed by atoms with E-state index < -0.39 is 11.7 Å². The van der Waals surface area contributed by atoms with Crippen LogP contribution in [0.3, 0.4) is 0 Å². The molecule has 6 nitrogen and oxygen atoms in total. The molecule has 0 radical (unpaired) electrons. The standard InChI is InChI=1S/C18H13F3N4O2S/c1-26-12-6-7-13-14(8-12)23-17(22-13)28-9-15-24-16(25-27-15)10-2-4-11(5-3-10)18(19,20)21/h2-8H,9H2,1H3,(H,22,23). The Morgan fingerprint density at radius 3 is 2.61 bits per heavy atom. The van der Waals surface area contributed by atoms with Gasteiger partial charge in [-0.1, -0.05) is 29.1 Å². The summed E-state index contributed by atoms with van der Waals surface area (Å²) in [6.45, 7) is 0. The van der Waals surface area contributed by atoms with Gasteiger partial charge < -0.3 is 14.2 Å². The number of nitrogens with one attached hydrogen (secondary N) is 1. The highest BCUT2D eigenvalue weighted by Crippen LogP contribution is 2.31. The molecule has 1 N–H and O–H groups in total. The molecule has 0 unspecified atom stereocenters. The van der Waals surface area contributed by atoms with E-state index in [0.29, 0.717) is 22.4 Å². The number of hydrogen-bond acceptors (Lipinski definition) is 6. The van der Waals surface area contributed by atoms with Crippen LogP contribution in [-0.4, -0.2) is 27.2 Å². The number of thioether (sulfide) groups is 1. The SMILES string of the molecule is COc1ccc2nc(SCc3nc(-c4ccc(C(F)(F)F)cc4)no3)[nH]c2c1. The van der Waals surface area contributed by atoms with Gasteiger partial charge in [0.25, 0.3) is 0 Å². The van der Waals surface area contributed by atoms with E-state index >= 15 is 0 Å². The van der Waals surface area contributed by atoms with Gasteiger partial charge in [-0.2, -0.15) is 18.2 Å². The Balaban J connectivity index is 1.45. The van der Waals surface area contributed by atoms with E-state index in [2.05, 4.69) is 20.1 Å². The first kappa shape index (κ1) is 18.4. The van der Waals surface area contributed by atoms with E-state index in [0.717, 1.165) is 28.9 Å². The van der Waals surface area contributed by atoms with Gasteiger partial charge in [-0.15, -0.1) is 0 Å². The minimum absolute atomic E-state index is 0.235. The quantitative estimate of drug-likeness (QED) is 0.474. The maximum absolute atomic E-state index is 12.6. The van der Waals surface area contributed by atoms with E-state index in [4.69, 9.17) is 9.26 Å². The van der Waals surface area contributed by atoms with Gasteiger partial charge in [-0.3, -0.25) is 0 Å². The second kappa shape index (κ2) is 7.19. The van der Waals surface area contributed by atoms with Gasteiger partial charge in [-0.25, -0.2) is 4.98 Å². The van der Waals surface area contributed by atoms with Gasteiger partial charge in [0.15, 0.2) is 5.16 Å². The summed E-state index contributed by atoms with van der Waals surface area (Å²) in [6, 6.07) is 10.1. The van der Waals surface area contributed by atoms with E-state index in [-0.39, 0.29) is 5.82 Å². The lowest BCUT2D eigenvalue weighted by Crippen LogP contribution is -2.04. The van der Waals surface area contributed by atoms with E-state index in [9.17, 15) is 13.2 Å².